The van der Waals surface area contributed by atoms with Crippen molar-refractivity contribution < 1.29 is 0 Å². The maximum absolute atomic E-state index is 3.60. The molecule has 0 fully saturated rings. The highest BCUT2D eigenvalue weighted by atomic mass is 14.6. The number of rotatable bonds is 2. The minimum atomic E-state index is 1.15. The molecule has 0 unspecified atom stereocenters. The van der Waals surface area contributed by atoms with Crippen LogP contribution < -0.4 is 0 Å². The Morgan fingerprint density at radius 1 is 1.20 bits per heavy atom. The third kappa shape index (κ3) is 1.86. The van der Waals surface area contributed by atoms with Crippen LogP contribution in [0.15, 0.2) is 41.5 Å². The molecule has 0 N–H and O–H groups in total. The summed E-state index contributed by atoms with van der Waals surface area (Å²) < 4.78 is 0. The number of aliphatic imine (C=N–C) groups is 1. The molecule has 1 heteroatoms. The Kier molecular flexibility index (Phi) is 2.44. The Morgan fingerprint density at radius 3 is 2.50 bits per heavy atom. The van der Waals surface area contributed by atoms with Crippen LogP contribution in [0.3, 0.4) is 0 Å². The van der Waals surface area contributed by atoms with Crippen molar-refractivity contribution in [3.63, 3.8) is 0 Å². The van der Waals surface area contributed by atoms with Crippen molar-refractivity contribution in [3.05, 3.63) is 42.1 Å². The highest BCUT2D eigenvalue weighted by molar-refractivity contribution is 5.49. The first-order valence-corrected chi connectivity index (χ1v) is 3.11. The molecule has 0 bridgehead atoms. The lowest BCUT2D eigenvalue weighted by molar-refractivity contribution is 1.61. The number of nitrogens with zero attached hydrogens (tertiary/aromatic N) is 1. The summed E-state index contributed by atoms with van der Waals surface area (Å²) >= 11 is 0. The molecule has 0 aromatic heterocycles. The second kappa shape index (κ2) is 3.62. The molecule has 0 saturated heterocycles. The smallest absolute Gasteiger partial charge is 0.0266 e. The van der Waals surface area contributed by atoms with E-state index in [1.165, 1.54) is 0 Å². The zero-order chi connectivity index (χ0) is 7.23. The molecule has 1 aromatic rings. The third-order valence-corrected chi connectivity index (χ3v) is 1.17. The van der Waals surface area contributed by atoms with Crippen molar-refractivity contribution in [3.8, 4) is 0 Å². The fourth-order valence-corrected chi connectivity index (χ4v) is 0.703. The highest BCUT2D eigenvalue weighted by Gasteiger charge is 1.78. The van der Waals surface area contributed by atoms with Gasteiger partial charge in [-0.25, -0.2) is 0 Å². The summed E-state index contributed by atoms with van der Waals surface area (Å²) in [4.78, 5) is 3.60. The van der Waals surface area contributed by atoms with Crippen LogP contribution in [-0.4, -0.2) is 6.72 Å². The van der Waals surface area contributed by atoms with E-state index < -0.39 is 0 Å². The average Bonchev–Trinajstić information content (AvgIpc) is 2.03. The Morgan fingerprint density at radius 2 is 1.90 bits per heavy atom. The van der Waals surface area contributed by atoms with Crippen LogP contribution in [0.5, 0.6) is 0 Å². The predicted octanol–water partition coefficient (Wildman–Crippen LogP) is 2.36. The molecule has 0 saturated carbocycles. The van der Waals surface area contributed by atoms with E-state index in [0.29, 0.717) is 0 Å². The zero-order valence-electron chi connectivity index (χ0n) is 5.70. The number of hydrogen-bond acceptors (Lipinski definition) is 1. The van der Waals surface area contributed by atoms with E-state index in [9.17, 15) is 0 Å². The minimum Gasteiger partial charge on any atom is -0.272 e. The van der Waals surface area contributed by atoms with Gasteiger partial charge in [0.2, 0.25) is 0 Å². The molecular formula is C9H9N. The van der Waals surface area contributed by atoms with E-state index in [2.05, 4.69) is 11.7 Å². The second-order valence-electron chi connectivity index (χ2n) is 1.91. The van der Waals surface area contributed by atoms with E-state index in [1.807, 2.05) is 36.4 Å². The lowest BCUT2D eigenvalue weighted by atomic mass is 10.2. The molecule has 0 radical (unpaired) electrons. The van der Waals surface area contributed by atoms with Crippen LogP contribution in [0, 0.1) is 0 Å². The highest BCUT2D eigenvalue weighted by Crippen LogP contribution is 1.99. The van der Waals surface area contributed by atoms with Crippen LogP contribution in [0.1, 0.15) is 5.56 Å². The van der Waals surface area contributed by atoms with Gasteiger partial charge in [0.1, 0.15) is 0 Å². The van der Waals surface area contributed by atoms with Crippen molar-refractivity contribution >= 4 is 12.8 Å². The van der Waals surface area contributed by atoms with Gasteiger partial charge in [-0.1, -0.05) is 30.3 Å². The first-order chi connectivity index (χ1) is 4.93. The van der Waals surface area contributed by atoms with E-state index in [1.54, 1.807) is 6.20 Å². The molecule has 10 heavy (non-hydrogen) atoms. The molecule has 0 aliphatic carbocycles. The number of hydrogen-bond donors (Lipinski definition) is 0. The summed E-state index contributed by atoms with van der Waals surface area (Å²) in [5, 5.41) is 0. The fraction of sp³-hybridized carbons (Fsp3) is 0. The molecule has 0 atom stereocenters. The maximum Gasteiger partial charge on any atom is 0.0266 e. The van der Waals surface area contributed by atoms with Crippen LogP contribution in [-0.2, 0) is 0 Å². The van der Waals surface area contributed by atoms with Gasteiger partial charge in [-0.15, -0.1) is 0 Å². The van der Waals surface area contributed by atoms with Gasteiger partial charge in [0.25, 0.3) is 0 Å². The molecular weight excluding hydrogens is 122 g/mol. The first kappa shape index (κ1) is 6.75. The van der Waals surface area contributed by atoms with Crippen molar-refractivity contribution in [2.75, 3.05) is 0 Å². The van der Waals surface area contributed by atoms with Gasteiger partial charge in [-0.3, -0.25) is 4.99 Å². The molecule has 1 nitrogen and oxygen atoms in total. The van der Waals surface area contributed by atoms with Gasteiger partial charge in [-0.05, 0) is 18.4 Å². The molecule has 0 aliphatic heterocycles. The maximum atomic E-state index is 3.60. The van der Waals surface area contributed by atoms with Crippen molar-refractivity contribution in [1.29, 1.82) is 0 Å². The van der Waals surface area contributed by atoms with Gasteiger partial charge in [-0.2, -0.15) is 0 Å². The normalized spacial score (nSPS) is 10.0. The minimum absolute atomic E-state index is 1.15. The Hall–Kier alpha value is -1.37. The van der Waals surface area contributed by atoms with Crippen LogP contribution in [0.2, 0.25) is 0 Å². The van der Waals surface area contributed by atoms with E-state index in [0.717, 1.165) is 5.56 Å². The van der Waals surface area contributed by atoms with E-state index in [4.69, 9.17) is 0 Å². The molecule has 50 valence electrons. The summed E-state index contributed by atoms with van der Waals surface area (Å²) in [6.45, 7) is 3.34. The largest absolute Gasteiger partial charge is 0.272 e. The Balaban J connectivity index is 2.76. The molecule has 1 rings (SSSR count). The van der Waals surface area contributed by atoms with Gasteiger partial charge in [0.15, 0.2) is 0 Å². The van der Waals surface area contributed by atoms with Gasteiger partial charge < -0.3 is 0 Å². The SMILES string of the molecule is C=NC=Cc1ccccc1. The quantitative estimate of drug-likeness (QED) is 0.546. The molecule has 0 amide bonds. The van der Waals surface area contributed by atoms with E-state index in [-0.39, 0.29) is 0 Å². The van der Waals surface area contributed by atoms with E-state index >= 15 is 0 Å². The van der Waals surface area contributed by atoms with Crippen molar-refractivity contribution in [1.82, 2.24) is 0 Å². The van der Waals surface area contributed by atoms with Gasteiger partial charge in [0, 0.05) is 6.20 Å². The lowest BCUT2D eigenvalue weighted by Crippen LogP contribution is -1.65. The zero-order valence-corrected chi connectivity index (χ0v) is 5.70. The Labute approximate surface area is 60.7 Å². The van der Waals surface area contributed by atoms with Crippen LogP contribution >= 0.6 is 0 Å². The van der Waals surface area contributed by atoms with Crippen molar-refractivity contribution in [2.45, 2.75) is 0 Å². The summed E-state index contributed by atoms with van der Waals surface area (Å²) in [5.74, 6) is 0. The molecule has 0 spiro atoms. The monoisotopic (exact) mass is 131 g/mol. The number of benzene rings is 1. The Bertz CT molecular complexity index is 224. The van der Waals surface area contributed by atoms with Crippen molar-refractivity contribution in [2.24, 2.45) is 4.99 Å². The van der Waals surface area contributed by atoms with Crippen LogP contribution in [0.4, 0.5) is 0 Å². The van der Waals surface area contributed by atoms with Gasteiger partial charge >= 0.3 is 0 Å². The average molecular weight is 131 g/mol. The predicted molar refractivity (Wildman–Crippen MR) is 45.0 cm³/mol. The standard InChI is InChI=1S/C9H9N/c1-10-8-7-9-5-3-2-4-6-9/h2-8H,1H2. The molecule has 0 heterocycles. The molecule has 1 aromatic carbocycles. The summed E-state index contributed by atoms with van der Waals surface area (Å²) in [7, 11) is 0. The lowest BCUT2D eigenvalue weighted by Gasteiger charge is -1.87. The second-order valence-corrected chi connectivity index (χ2v) is 1.91. The topological polar surface area (TPSA) is 12.4 Å². The van der Waals surface area contributed by atoms with Crippen LogP contribution in [0.25, 0.3) is 6.08 Å². The summed E-state index contributed by atoms with van der Waals surface area (Å²) in [6, 6.07) is 9.99. The summed E-state index contributed by atoms with van der Waals surface area (Å²) in [6.07, 6.45) is 3.59. The summed E-state index contributed by atoms with van der Waals surface area (Å²) in [5.41, 5.74) is 1.15. The molecule has 0 aliphatic rings. The third-order valence-electron chi connectivity index (χ3n) is 1.17. The first-order valence-electron chi connectivity index (χ1n) is 3.11. The van der Waals surface area contributed by atoms with Gasteiger partial charge in [0.05, 0.1) is 0 Å². The fourth-order valence-electron chi connectivity index (χ4n) is 0.703.